The van der Waals surface area contributed by atoms with Crippen LogP contribution in [0.3, 0.4) is 0 Å². The third-order valence-electron chi connectivity index (χ3n) is 3.38. The van der Waals surface area contributed by atoms with E-state index in [4.69, 9.17) is 0 Å². The van der Waals surface area contributed by atoms with Crippen LogP contribution in [0.25, 0.3) is 0 Å². The van der Waals surface area contributed by atoms with Gasteiger partial charge in [-0.25, -0.2) is 4.39 Å². The van der Waals surface area contributed by atoms with Crippen LogP contribution in [-0.2, 0) is 4.79 Å². The minimum absolute atomic E-state index is 0. The van der Waals surface area contributed by atoms with Crippen LogP contribution in [0.1, 0.15) is 24.8 Å². The molecule has 1 fully saturated rings. The lowest BCUT2D eigenvalue weighted by atomic mass is 10.0. The van der Waals surface area contributed by atoms with Gasteiger partial charge in [0.2, 0.25) is 5.91 Å². The first-order valence-electron chi connectivity index (χ1n) is 6.42. The zero-order chi connectivity index (χ0) is 13.0. The molecule has 2 N–H and O–H groups in total. The van der Waals surface area contributed by atoms with Crippen molar-refractivity contribution in [2.24, 2.45) is 5.92 Å². The number of anilines is 1. The molecule has 0 aromatic heterocycles. The van der Waals surface area contributed by atoms with E-state index in [0.717, 1.165) is 25.9 Å². The number of amides is 1. The summed E-state index contributed by atoms with van der Waals surface area (Å²) in [5.74, 6) is 0.378. The largest absolute Gasteiger partial charge is 0.326 e. The number of hydrogen-bond acceptors (Lipinski definition) is 2. The highest BCUT2D eigenvalue weighted by atomic mass is 35.5. The number of carbonyl (C=O) groups excluding carboxylic acids is 1. The average Bonchev–Trinajstić information content (AvgIpc) is 2.84. The van der Waals surface area contributed by atoms with Gasteiger partial charge in [-0.3, -0.25) is 4.79 Å². The van der Waals surface area contributed by atoms with E-state index in [0.29, 0.717) is 23.6 Å². The molecule has 106 valence electrons. The van der Waals surface area contributed by atoms with E-state index in [2.05, 4.69) is 10.6 Å². The molecule has 1 aliphatic heterocycles. The first-order chi connectivity index (χ1) is 8.65. The van der Waals surface area contributed by atoms with Crippen molar-refractivity contribution >= 4 is 24.0 Å². The van der Waals surface area contributed by atoms with Gasteiger partial charge in [-0.05, 0) is 62.5 Å². The fourth-order valence-electron chi connectivity index (χ4n) is 2.24. The molecule has 0 bridgehead atoms. The highest BCUT2D eigenvalue weighted by Crippen LogP contribution is 2.17. The molecule has 0 saturated carbocycles. The number of aryl methyl sites for hydroxylation is 1. The second-order valence-electron chi connectivity index (χ2n) is 4.91. The zero-order valence-electron chi connectivity index (χ0n) is 11.0. The van der Waals surface area contributed by atoms with Crippen molar-refractivity contribution in [3.8, 4) is 0 Å². The molecule has 0 spiro atoms. The Labute approximate surface area is 119 Å². The summed E-state index contributed by atoms with van der Waals surface area (Å²) >= 11 is 0. The Morgan fingerprint density at radius 2 is 2.32 bits per heavy atom. The molecule has 1 atom stereocenters. The van der Waals surface area contributed by atoms with Gasteiger partial charge in [0, 0.05) is 12.1 Å². The Hall–Kier alpha value is -1.13. The van der Waals surface area contributed by atoms with Crippen LogP contribution in [0.4, 0.5) is 10.1 Å². The number of halogens is 2. The van der Waals surface area contributed by atoms with Gasteiger partial charge < -0.3 is 10.6 Å². The summed E-state index contributed by atoms with van der Waals surface area (Å²) in [6.07, 6.45) is 2.60. The lowest BCUT2D eigenvalue weighted by Crippen LogP contribution is -2.15. The molecule has 5 heteroatoms. The standard InChI is InChI=1S/C14H19FN2O.ClH/c1-10-8-12(3-4-13(10)15)17-14(18)5-2-11-6-7-16-9-11;/h3-4,8,11,16H,2,5-7,9H2,1H3,(H,17,18);1H. The smallest absolute Gasteiger partial charge is 0.224 e. The fraction of sp³-hybridized carbons (Fsp3) is 0.500. The number of rotatable bonds is 4. The quantitative estimate of drug-likeness (QED) is 0.894. The molecule has 1 aliphatic rings. The van der Waals surface area contributed by atoms with E-state index in [1.165, 1.54) is 6.07 Å². The minimum atomic E-state index is -0.245. The van der Waals surface area contributed by atoms with E-state index in [1.807, 2.05) is 0 Å². The van der Waals surface area contributed by atoms with Crippen LogP contribution in [-0.4, -0.2) is 19.0 Å². The first-order valence-corrected chi connectivity index (χ1v) is 6.42. The maximum atomic E-state index is 13.1. The van der Waals surface area contributed by atoms with Crippen molar-refractivity contribution < 1.29 is 9.18 Å². The molecule has 0 aliphatic carbocycles. The Balaban J connectivity index is 0.00000180. The fourth-order valence-corrected chi connectivity index (χ4v) is 2.24. The Bertz CT molecular complexity index is 433. The molecule has 3 nitrogen and oxygen atoms in total. The predicted molar refractivity (Wildman–Crippen MR) is 77.2 cm³/mol. The van der Waals surface area contributed by atoms with E-state index < -0.39 is 0 Å². The molecule has 1 unspecified atom stereocenters. The number of carbonyl (C=O) groups is 1. The van der Waals surface area contributed by atoms with Crippen molar-refractivity contribution in [2.45, 2.75) is 26.2 Å². The Morgan fingerprint density at radius 3 is 2.95 bits per heavy atom. The third-order valence-corrected chi connectivity index (χ3v) is 3.38. The third kappa shape index (κ3) is 4.80. The molecule has 1 aromatic carbocycles. The Morgan fingerprint density at radius 1 is 1.53 bits per heavy atom. The molecule has 0 radical (unpaired) electrons. The van der Waals surface area contributed by atoms with E-state index in [-0.39, 0.29) is 24.1 Å². The normalized spacial score (nSPS) is 17.9. The minimum Gasteiger partial charge on any atom is -0.326 e. The summed E-state index contributed by atoms with van der Waals surface area (Å²) in [6, 6.07) is 4.63. The van der Waals surface area contributed by atoms with Crippen LogP contribution in [0.15, 0.2) is 18.2 Å². The number of hydrogen-bond donors (Lipinski definition) is 2. The van der Waals surface area contributed by atoms with Crippen molar-refractivity contribution in [3.05, 3.63) is 29.6 Å². The van der Waals surface area contributed by atoms with Gasteiger partial charge in [0.25, 0.3) is 0 Å². The molecular formula is C14H20ClFN2O. The Kier molecular flexibility index (Phi) is 6.25. The van der Waals surface area contributed by atoms with Crippen LogP contribution < -0.4 is 10.6 Å². The van der Waals surface area contributed by atoms with Crippen LogP contribution in [0, 0.1) is 18.7 Å². The van der Waals surface area contributed by atoms with Gasteiger partial charge in [0.05, 0.1) is 0 Å². The first kappa shape index (κ1) is 15.9. The maximum absolute atomic E-state index is 13.1. The molecule has 1 amide bonds. The van der Waals surface area contributed by atoms with Crippen LogP contribution in [0.5, 0.6) is 0 Å². The summed E-state index contributed by atoms with van der Waals surface area (Å²) in [5, 5.41) is 6.09. The van der Waals surface area contributed by atoms with Crippen molar-refractivity contribution in [1.29, 1.82) is 0 Å². The van der Waals surface area contributed by atoms with Crippen molar-refractivity contribution in [1.82, 2.24) is 5.32 Å². The van der Waals surface area contributed by atoms with Gasteiger partial charge in [0.1, 0.15) is 5.82 Å². The van der Waals surface area contributed by atoms with Gasteiger partial charge in [0.15, 0.2) is 0 Å². The van der Waals surface area contributed by atoms with Gasteiger partial charge >= 0.3 is 0 Å². The number of benzene rings is 1. The molecule has 2 rings (SSSR count). The van der Waals surface area contributed by atoms with Gasteiger partial charge in [-0.15, -0.1) is 12.4 Å². The van der Waals surface area contributed by atoms with E-state index in [1.54, 1.807) is 19.1 Å². The van der Waals surface area contributed by atoms with Crippen molar-refractivity contribution in [3.63, 3.8) is 0 Å². The monoisotopic (exact) mass is 286 g/mol. The molecular weight excluding hydrogens is 267 g/mol. The van der Waals surface area contributed by atoms with Crippen molar-refractivity contribution in [2.75, 3.05) is 18.4 Å². The van der Waals surface area contributed by atoms with Crippen LogP contribution in [0.2, 0.25) is 0 Å². The molecule has 1 saturated heterocycles. The SMILES string of the molecule is Cc1cc(NC(=O)CCC2CCNC2)ccc1F.Cl. The summed E-state index contributed by atoms with van der Waals surface area (Å²) in [4.78, 5) is 11.7. The predicted octanol–water partition coefficient (Wildman–Crippen LogP) is 2.88. The van der Waals surface area contributed by atoms with E-state index in [9.17, 15) is 9.18 Å². The lowest BCUT2D eigenvalue weighted by Gasteiger charge is -2.09. The summed E-state index contributed by atoms with van der Waals surface area (Å²) in [6.45, 7) is 3.77. The zero-order valence-corrected chi connectivity index (χ0v) is 11.9. The maximum Gasteiger partial charge on any atom is 0.224 e. The highest BCUT2D eigenvalue weighted by molar-refractivity contribution is 5.90. The second kappa shape index (κ2) is 7.46. The summed E-state index contributed by atoms with van der Waals surface area (Å²) < 4.78 is 13.1. The number of nitrogens with one attached hydrogen (secondary N) is 2. The highest BCUT2D eigenvalue weighted by Gasteiger charge is 2.15. The molecule has 1 heterocycles. The second-order valence-corrected chi connectivity index (χ2v) is 4.91. The molecule has 1 aromatic rings. The van der Waals surface area contributed by atoms with Crippen LogP contribution >= 0.6 is 12.4 Å². The van der Waals surface area contributed by atoms with Gasteiger partial charge in [-0.1, -0.05) is 0 Å². The van der Waals surface area contributed by atoms with Gasteiger partial charge in [-0.2, -0.15) is 0 Å². The summed E-state index contributed by atoms with van der Waals surface area (Å²) in [7, 11) is 0. The van der Waals surface area contributed by atoms with E-state index >= 15 is 0 Å². The lowest BCUT2D eigenvalue weighted by molar-refractivity contribution is -0.116. The average molecular weight is 287 g/mol. The summed E-state index contributed by atoms with van der Waals surface area (Å²) in [5.41, 5.74) is 1.22. The molecule has 19 heavy (non-hydrogen) atoms. The topological polar surface area (TPSA) is 41.1 Å².